The summed E-state index contributed by atoms with van der Waals surface area (Å²) in [4.78, 5) is 14.4. The first-order chi connectivity index (χ1) is 12.0. The fourth-order valence-corrected chi connectivity index (χ4v) is 2.74. The molecule has 1 atom stereocenters. The molecule has 3 nitrogen and oxygen atoms in total. The zero-order valence-electron chi connectivity index (χ0n) is 14.5. The third-order valence-corrected chi connectivity index (χ3v) is 4.41. The first-order valence-corrected chi connectivity index (χ1v) is 8.32. The first kappa shape index (κ1) is 20.3. The predicted octanol–water partition coefficient (Wildman–Crippen LogP) is 5.17. The molecule has 26 heavy (non-hydrogen) atoms. The van der Waals surface area contributed by atoms with Gasteiger partial charge in [0.25, 0.3) is 5.91 Å². The third kappa shape index (κ3) is 3.86. The number of carbonyl (C=O) groups is 1. The van der Waals surface area contributed by atoms with Gasteiger partial charge in [-0.2, -0.15) is 13.2 Å². The summed E-state index contributed by atoms with van der Waals surface area (Å²) in [6.45, 7) is 4.29. The molecule has 2 aromatic carbocycles. The van der Waals surface area contributed by atoms with E-state index in [2.05, 4.69) is 0 Å². The number of hydrogen-bond donors (Lipinski definition) is 1. The molecular formula is C19H19ClF3NO2. The van der Waals surface area contributed by atoms with Crippen LogP contribution in [0.25, 0.3) is 0 Å². The minimum atomic E-state index is -4.82. The first-order valence-electron chi connectivity index (χ1n) is 7.94. The maximum atomic E-state index is 12.9. The second-order valence-corrected chi connectivity index (χ2v) is 6.77. The summed E-state index contributed by atoms with van der Waals surface area (Å²) < 4.78 is 38.8. The van der Waals surface area contributed by atoms with Crippen LogP contribution in [0.1, 0.15) is 36.7 Å². The number of anilines is 1. The van der Waals surface area contributed by atoms with Crippen molar-refractivity contribution in [3.63, 3.8) is 0 Å². The molecule has 1 N–H and O–H groups in total. The van der Waals surface area contributed by atoms with Crippen LogP contribution in [0.4, 0.5) is 18.9 Å². The van der Waals surface area contributed by atoms with Crippen molar-refractivity contribution in [2.45, 2.75) is 38.6 Å². The van der Waals surface area contributed by atoms with E-state index in [9.17, 15) is 23.1 Å². The van der Waals surface area contributed by atoms with Crippen LogP contribution < -0.4 is 4.90 Å². The lowest BCUT2D eigenvalue weighted by atomic mass is 9.94. The molecule has 2 aromatic rings. The Balaban J connectivity index is 2.38. The van der Waals surface area contributed by atoms with Crippen LogP contribution >= 0.6 is 11.6 Å². The third-order valence-electron chi connectivity index (χ3n) is 4.09. The molecule has 0 heterocycles. The Morgan fingerprint density at radius 3 is 2.08 bits per heavy atom. The topological polar surface area (TPSA) is 40.5 Å². The molecule has 0 aromatic heterocycles. The highest BCUT2D eigenvalue weighted by Gasteiger charge is 2.51. The van der Waals surface area contributed by atoms with Crippen LogP contribution in [-0.2, 0) is 5.60 Å². The fourth-order valence-electron chi connectivity index (χ4n) is 2.51. The van der Waals surface area contributed by atoms with Crippen LogP contribution in [0.3, 0.4) is 0 Å². The van der Waals surface area contributed by atoms with Gasteiger partial charge in [0.15, 0.2) is 5.60 Å². The SMILES string of the molecule is CC(C)N(C(=O)c1ccc(C(C)(O)C(F)(F)F)cc1)c1ccccc1Cl. The van der Waals surface area contributed by atoms with Crippen molar-refractivity contribution in [1.82, 2.24) is 0 Å². The Hall–Kier alpha value is -2.05. The number of alkyl halides is 3. The van der Waals surface area contributed by atoms with Gasteiger partial charge in [-0.25, -0.2) is 0 Å². The maximum absolute atomic E-state index is 12.9. The van der Waals surface area contributed by atoms with Gasteiger partial charge in [-0.3, -0.25) is 4.79 Å². The summed E-state index contributed by atoms with van der Waals surface area (Å²) >= 11 is 6.18. The number of para-hydroxylation sites is 1. The van der Waals surface area contributed by atoms with Crippen molar-refractivity contribution in [1.29, 1.82) is 0 Å². The average molecular weight is 386 g/mol. The van der Waals surface area contributed by atoms with Gasteiger partial charge in [0, 0.05) is 11.6 Å². The van der Waals surface area contributed by atoms with Crippen molar-refractivity contribution in [3.05, 3.63) is 64.7 Å². The second-order valence-electron chi connectivity index (χ2n) is 6.37. The van der Waals surface area contributed by atoms with Gasteiger partial charge in [-0.1, -0.05) is 35.9 Å². The van der Waals surface area contributed by atoms with Gasteiger partial charge in [-0.05, 0) is 50.6 Å². The average Bonchev–Trinajstić information content (AvgIpc) is 2.55. The summed E-state index contributed by atoms with van der Waals surface area (Å²) in [7, 11) is 0. The molecule has 0 aliphatic carbocycles. The molecule has 7 heteroatoms. The quantitative estimate of drug-likeness (QED) is 0.789. The lowest BCUT2D eigenvalue weighted by Crippen LogP contribution is -2.39. The van der Waals surface area contributed by atoms with E-state index in [1.54, 1.807) is 24.3 Å². The number of rotatable bonds is 4. The predicted molar refractivity (Wildman–Crippen MR) is 95.5 cm³/mol. The van der Waals surface area contributed by atoms with Gasteiger partial charge in [0.1, 0.15) is 0 Å². The summed E-state index contributed by atoms with van der Waals surface area (Å²) in [5.41, 5.74) is -2.62. The molecular weight excluding hydrogens is 367 g/mol. The lowest BCUT2D eigenvalue weighted by Gasteiger charge is -2.29. The summed E-state index contributed by atoms with van der Waals surface area (Å²) in [5, 5.41) is 10.1. The zero-order valence-corrected chi connectivity index (χ0v) is 15.3. The molecule has 1 amide bonds. The number of amides is 1. The van der Waals surface area contributed by atoms with Crippen LogP contribution in [0, 0.1) is 0 Å². The van der Waals surface area contributed by atoms with Crippen molar-refractivity contribution in [3.8, 4) is 0 Å². The molecule has 1 unspecified atom stereocenters. The Kier molecular flexibility index (Phi) is 5.68. The molecule has 0 fully saturated rings. The number of carbonyl (C=O) groups excluding carboxylic acids is 1. The Morgan fingerprint density at radius 1 is 1.08 bits per heavy atom. The molecule has 2 rings (SSSR count). The minimum absolute atomic E-state index is 0.195. The van der Waals surface area contributed by atoms with Crippen LogP contribution in [0.5, 0.6) is 0 Å². The van der Waals surface area contributed by atoms with E-state index < -0.39 is 17.7 Å². The normalized spacial score (nSPS) is 14.2. The zero-order chi connectivity index (χ0) is 19.7. The Labute approximate surface area is 155 Å². The minimum Gasteiger partial charge on any atom is -0.376 e. The Morgan fingerprint density at radius 2 is 1.62 bits per heavy atom. The molecule has 0 bridgehead atoms. The number of aliphatic hydroxyl groups is 1. The van der Waals surface area contributed by atoms with Crippen molar-refractivity contribution >= 4 is 23.2 Å². The molecule has 0 aliphatic rings. The van der Waals surface area contributed by atoms with Crippen LogP contribution in [-0.4, -0.2) is 23.2 Å². The van der Waals surface area contributed by atoms with Gasteiger partial charge >= 0.3 is 6.18 Å². The number of benzene rings is 2. The monoisotopic (exact) mass is 385 g/mol. The molecule has 0 saturated heterocycles. The maximum Gasteiger partial charge on any atom is 0.421 e. The van der Waals surface area contributed by atoms with Gasteiger partial charge in [0.05, 0.1) is 10.7 Å². The van der Waals surface area contributed by atoms with E-state index in [-0.39, 0.29) is 17.2 Å². The van der Waals surface area contributed by atoms with Crippen molar-refractivity contribution in [2.75, 3.05) is 4.90 Å². The molecule has 0 aliphatic heterocycles. The van der Waals surface area contributed by atoms with E-state index in [4.69, 9.17) is 11.6 Å². The van der Waals surface area contributed by atoms with Gasteiger partial charge in [-0.15, -0.1) is 0 Å². The summed E-state index contributed by atoms with van der Waals surface area (Å²) in [6, 6.07) is 11.4. The van der Waals surface area contributed by atoms with Crippen LogP contribution in [0.2, 0.25) is 5.02 Å². The van der Waals surface area contributed by atoms with E-state index in [1.807, 2.05) is 13.8 Å². The second kappa shape index (κ2) is 7.29. The standard InChI is InChI=1S/C19H19ClF3NO2/c1-12(2)24(16-7-5-4-6-15(16)20)17(25)13-8-10-14(11-9-13)18(3,26)19(21,22)23/h4-12,26H,1-3H3. The van der Waals surface area contributed by atoms with E-state index >= 15 is 0 Å². The van der Waals surface area contributed by atoms with Crippen LogP contribution in [0.15, 0.2) is 48.5 Å². The summed E-state index contributed by atoms with van der Waals surface area (Å²) in [5.74, 6) is -0.397. The molecule has 0 saturated carbocycles. The largest absolute Gasteiger partial charge is 0.421 e. The number of hydrogen-bond acceptors (Lipinski definition) is 2. The highest BCUT2D eigenvalue weighted by atomic mass is 35.5. The number of halogens is 4. The lowest BCUT2D eigenvalue weighted by molar-refractivity contribution is -0.258. The Bertz CT molecular complexity index is 786. The highest BCUT2D eigenvalue weighted by Crippen LogP contribution is 2.38. The van der Waals surface area contributed by atoms with E-state index in [1.165, 1.54) is 17.0 Å². The van der Waals surface area contributed by atoms with Gasteiger partial charge < -0.3 is 10.0 Å². The highest BCUT2D eigenvalue weighted by molar-refractivity contribution is 6.34. The smallest absolute Gasteiger partial charge is 0.376 e. The summed E-state index contributed by atoms with van der Waals surface area (Å²) in [6.07, 6.45) is -4.82. The molecule has 0 radical (unpaired) electrons. The number of nitrogens with zero attached hydrogens (tertiary/aromatic N) is 1. The fraction of sp³-hybridized carbons (Fsp3) is 0.316. The molecule has 140 valence electrons. The van der Waals surface area contributed by atoms with E-state index in [0.717, 1.165) is 12.1 Å². The van der Waals surface area contributed by atoms with Crippen molar-refractivity contribution < 1.29 is 23.1 Å². The van der Waals surface area contributed by atoms with E-state index in [0.29, 0.717) is 17.6 Å². The van der Waals surface area contributed by atoms with Crippen molar-refractivity contribution in [2.24, 2.45) is 0 Å². The van der Waals surface area contributed by atoms with Gasteiger partial charge in [0.2, 0.25) is 0 Å². The molecule has 0 spiro atoms.